The highest BCUT2D eigenvalue weighted by atomic mass is 35.7. The van der Waals surface area contributed by atoms with Gasteiger partial charge < -0.3 is 14.2 Å². The van der Waals surface area contributed by atoms with E-state index in [1.807, 2.05) is 43.3 Å². The molecule has 1 aromatic heterocycles. The Morgan fingerprint density at radius 3 is 2.10 bits per heavy atom. The molecule has 0 atom stereocenters. The second-order valence-corrected chi connectivity index (χ2v) is 6.61. The SMILES string of the molecule is CCOc1cc(-c2ccc(OC)c(OC)c2)[o+]c2ccc(C)cc12.[O-][Cl+3]([O-])([O-])[O-]. The summed E-state index contributed by atoms with van der Waals surface area (Å²) in [6.45, 7) is 4.62. The predicted molar refractivity (Wildman–Crippen MR) is 95.1 cm³/mol. The lowest BCUT2D eigenvalue weighted by molar-refractivity contribution is -2.00. The van der Waals surface area contributed by atoms with Crippen LogP contribution in [0.3, 0.4) is 0 Å². The number of rotatable bonds is 5. The lowest BCUT2D eigenvalue weighted by Crippen LogP contribution is -2.68. The van der Waals surface area contributed by atoms with Gasteiger partial charge in [-0.15, -0.1) is 10.2 Å². The van der Waals surface area contributed by atoms with Gasteiger partial charge in [-0.25, -0.2) is 23.1 Å². The van der Waals surface area contributed by atoms with Crippen LogP contribution in [0.1, 0.15) is 12.5 Å². The van der Waals surface area contributed by atoms with E-state index in [1.165, 1.54) is 0 Å². The highest BCUT2D eigenvalue weighted by Gasteiger charge is 2.21. The summed E-state index contributed by atoms with van der Waals surface area (Å²) in [6.07, 6.45) is 0. The van der Waals surface area contributed by atoms with Gasteiger partial charge in [0.25, 0.3) is 0 Å². The number of benzene rings is 2. The zero-order valence-corrected chi connectivity index (χ0v) is 17.1. The highest BCUT2D eigenvalue weighted by Crippen LogP contribution is 2.37. The Balaban J connectivity index is 0.000000537. The van der Waals surface area contributed by atoms with Gasteiger partial charge in [-0.2, -0.15) is 0 Å². The van der Waals surface area contributed by atoms with Crippen molar-refractivity contribution in [1.82, 2.24) is 0 Å². The Hall–Kier alpha value is -2.62. The summed E-state index contributed by atoms with van der Waals surface area (Å²) in [6, 6.07) is 13.7. The lowest BCUT2D eigenvalue weighted by atomic mass is 10.1. The molecule has 1 heterocycles. The molecular weight excluding hydrogens is 404 g/mol. The number of hydrogen-bond donors (Lipinski definition) is 0. The maximum atomic E-state index is 8.49. The fourth-order valence-corrected chi connectivity index (χ4v) is 2.68. The van der Waals surface area contributed by atoms with Crippen molar-refractivity contribution < 1.29 is 47.5 Å². The Bertz CT molecular complexity index is 963. The van der Waals surface area contributed by atoms with E-state index in [-0.39, 0.29) is 0 Å². The number of aryl methyl sites for hydroxylation is 1. The summed E-state index contributed by atoms with van der Waals surface area (Å²) in [7, 11) is -1.71. The van der Waals surface area contributed by atoms with Gasteiger partial charge >= 0.3 is 11.3 Å². The minimum absolute atomic E-state index is 0.596. The smallest absolute Gasteiger partial charge is 0.364 e. The van der Waals surface area contributed by atoms with Gasteiger partial charge in [0.2, 0.25) is 0 Å². The van der Waals surface area contributed by atoms with Crippen LogP contribution in [-0.4, -0.2) is 20.8 Å². The summed E-state index contributed by atoms with van der Waals surface area (Å²) in [5.41, 5.74) is 2.85. The molecule has 0 aliphatic rings. The zero-order chi connectivity index (χ0) is 21.6. The van der Waals surface area contributed by atoms with Gasteiger partial charge in [-0.1, -0.05) is 0 Å². The first kappa shape index (κ1) is 22.7. The maximum Gasteiger partial charge on any atom is 0.364 e. The molecule has 3 aromatic rings. The van der Waals surface area contributed by atoms with Crippen LogP contribution in [0.5, 0.6) is 17.2 Å². The molecule has 0 saturated heterocycles. The molecule has 0 saturated carbocycles. The van der Waals surface area contributed by atoms with Crippen molar-refractivity contribution in [2.24, 2.45) is 0 Å². The molecule has 0 amide bonds. The van der Waals surface area contributed by atoms with Crippen LogP contribution in [0.25, 0.3) is 22.3 Å². The molecule has 156 valence electrons. The number of fused-ring (bicyclic) bond motifs is 1. The molecule has 2 aromatic carbocycles. The predicted octanol–water partition coefficient (Wildman–Crippen LogP) is 0.349. The van der Waals surface area contributed by atoms with Crippen LogP contribution in [0.4, 0.5) is 0 Å². The van der Waals surface area contributed by atoms with E-state index in [0.29, 0.717) is 18.1 Å². The van der Waals surface area contributed by atoms with Gasteiger partial charge in [-0.05, 0) is 43.7 Å². The molecule has 0 spiro atoms. The Morgan fingerprint density at radius 1 is 0.862 bits per heavy atom. The van der Waals surface area contributed by atoms with E-state index >= 15 is 0 Å². The van der Waals surface area contributed by atoms with E-state index < -0.39 is 10.2 Å². The van der Waals surface area contributed by atoms with Crippen molar-refractivity contribution in [3.8, 4) is 28.6 Å². The van der Waals surface area contributed by atoms with Gasteiger partial charge in [0.05, 0.1) is 32.5 Å². The van der Waals surface area contributed by atoms with Gasteiger partial charge in [0.15, 0.2) is 11.5 Å². The van der Waals surface area contributed by atoms with Crippen LogP contribution in [0.15, 0.2) is 46.9 Å². The molecule has 0 bridgehead atoms. The maximum absolute atomic E-state index is 8.49. The van der Waals surface area contributed by atoms with Crippen molar-refractivity contribution in [1.29, 1.82) is 0 Å². The number of methoxy groups -OCH3 is 2. The first-order chi connectivity index (χ1) is 13.7. The first-order valence-electron chi connectivity index (χ1n) is 8.50. The third-order valence-corrected chi connectivity index (χ3v) is 3.85. The van der Waals surface area contributed by atoms with Gasteiger partial charge in [-0.3, -0.25) is 0 Å². The average molecular weight is 425 g/mol. The molecule has 29 heavy (non-hydrogen) atoms. The average Bonchev–Trinajstić information content (AvgIpc) is 2.66. The Kier molecular flexibility index (Phi) is 7.60. The minimum Gasteiger partial charge on any atom is -0.493 e. The number of ether oxygens (including phenoxy) is 3. The molecule has 0 radical (unpaired) electrons. The molecular formula is C20H21ClO8. The molecule has 0 unspecified atom stereocenters. The fraction of sp³-hybridized carbons (Fsp3) is 0.250. The van der Waals surface area contributed by atoms with Crippen LogP contribution < -0.4 is 32.8 Å². The van der Waals surface area contributed by atoms with Crippen LogP contribution in [0.2, 0.25) is 0 Å². The Morgan fingerprint density at radius 2 is 1.52 bits per heavy atom. The highest BCUT2D eigenvalue weighted by molar-refractivity contribution is 5.86. The second kappa shape index (κ2) is 9.73. The summed E-state index contributed by atoms with van der Waals surface area (Å²) < 4.78 is 56.6. The van der Waals surface area contributed by atoms with Gasteiger partial charge in [0, 0.05) is 12.1 Å². The third kappa shape index (κ3) is 6.45. The summed E-state index contributed by atoms with van der Waals surface area (Å²) >= 11 is 0. The molecule has 8 nitrogen and oxygen atoms in total. The number of hydrogen-bond acceptors (Lipinski definition) is 7. The van der Waals surface area contributed by atoms with Crippen molar-refractivity contribution in [3.63, 3.8) is 0 Å². The molecule has 9 heteroatoms. The van der Waals surface area contributed by atoms with E-state index in [9.17, 15) is 0 Å². The van der Waals surface area contributed by atoms with E-state index in [0.717, 1.165) is 33.6 Å². The molecule has 0 fully saturated rings. The third-order valence-electron chi connectivity index (χ3n) is 3.85. The van der Waals surface area contributed by atoms with E-state index in [2.05, 4.69) is 13.0 Å². The summed E-state index contributed by atoms with van der Waals surface area (Å²) in [4.78, 5) is 0. The molecule has 0 N–H and O–H groups in total. The van der Waals surface area contributed by atoms with Crippen molar-refractivity contribution >= 4 is 11.0 Å². The largest absolute Gasteiger partial charge is 0.493 e. The van der Waals surface area contributed by atoms with Crippen molar-refractivity contribution in [2.75, 3.05) is 20.8 Å². The second-order valence-electron chi connectivity index (χ2n) is 5.86. The lowest BCUT2D eigenvalue weighted by Gasteiger charge is -2.17. The summed E-state index contributed by atoms with van der Waals surface area (Å²) in [5.74, 6) is 2.87. The van der Waals surface area contributed by atoms with Crippen LogP contribution in [0, 0.1) is 17.2 Å². The molecule has 0 aliphatic carbocycles. The van der Waals surface area contributed by atoms with Crippen molar-refractivity contribution in [3.05, 3.63) is 48.0 Å². The van der Waals surface area contributed by atoms with Gasteiger partial charge in [0.1, 0.15) is 11.1 Å². The number of halogens is 1. The first-order valence-corrected chi connectivity index (χ1v) is 9.74. The fourth-order valence-electron chi connectivity index (χ4n) is 2.68. The van der Waals surface area contributed by atoms with Crippen LogP contribution >= 0.6 is 0 Å². The zero-order valence-electron chi connectivity index (χ0n) is 16.4. The topological polar surface area (TPSA) is 131 Å². The standard InChI is InChI=1S/C20H21O4.ClHO4/c1-5-23-19-12-18(24-16-8-6-13(2)10-15(16)19)14-7-9-17(21-3)20(11-14)22-4;2-1(3,4)5/h6-12H,5H2,1-4H3;(H,2,3,4,5)/q+1;/p-1. The van der Waals surface area contributed by atoms with E-state index in [1.54, 1.807) is 14.2 Å². The van der Waals surface area contributed by atoms with Crippen molar-refractivity contribution in [2.45, 2.75) is 13.8 Å². The molecule has 3 rings (SSSR count). The summed E-state index contributed by atoms with van der Waals surface area (Å²) in [5, 5.41) is 0.973. The van der Waals surface area contributed by atoms with E-state index in [4.69, 9.17) is 37.3 Å². The normalized spacial score (nSPS) is 10.9. The quantitative estimate of drug-likeness (QED) is 0.536. The Labute approximate surface area is 170 Å². The van der Waals surface area contributed by atoms with Crippen LogP contribution in [-0.2, 0) is 0 Å². The molecule has 0 aliphatic heterocycles. The minimum atomic E-state index is -4.94. The monoisotopic (exact) mass is 424 g/mol.